The van der Waals surface area contributed by atoms with E-state index < -0.39 is 35.2 Å². The Morgan fingerprint density at radius 3 is 2.46 bits per heavy atom. The van der Waals surface area contributed by atoms with Crippen molar-refractivity contribution in [3.05, 3.63) is 77.4 Å². The summed E-state index contributed by atoms with van der Waals surface area (Å²) in [6.07, 6.45) is 1.67. The van der Waals surface area contributed by atoms with E-state index in [0.29, 0.717) is 23.1 Å². The molecular weight excluding hydrogens is 338 g/mol. The molecule has 5 heteroatoms. The third kappa shape index (κ3) is 3.72. The van der Waals surface area contributed by atoms with Crippen molar-refractivity contribution in [2.75, 3.05) is 6.61 Å². The van der Waals surface area contributed by atoms with Gasteiger partial charge in [0.25, 0.3) is 0 Å². The monoisotopic (exact) mass is 356 g/mol. The Morgan fingerprint density at radius 2 is 1.81 bits per heavy atom. The highest BCUT2D eigenvalue weighted by Crippen LogP contribution is 2.40. The van der Waals surface area contributed by atoms with Gasteiger partial charge in [0.15, 0.2) is 5.78 Å². The molecule has 0 bridgehead atoms. The zero-order valence-corrected chi connectivity index (χ0v) is 14.2. The Kier molecular flexibility index (Phi) is 5.26. The number of hydrogen-bond acceptors (Lipinski definition) is 3. The fourth-order valence-corrected chi connectivity index (χ4v) is 3.32. The number of ether oxygens (including phenoxy) is 1. The predicted molar refractivity (Wildman–Crippen MR) is 93.3 cm³/mol. The number of rotatable bonds is 4. The molecule has 0 spiro atoms. The van der Waals surface area contributed by atoms with E-state index >= 15 is 0 Å². The lowest BCUT2D eigenvalue weighted by atomic mass is 9.73. The lowest BCUT2D eigenvalue weighted by molar-refractivity contribution is -0.151. The molecule has 134 valence electrons. The molecule has 0 fully saturated rings. The van der Waals surface area contributed by atoms with Crippen LogP contribution >= 0.6 is 0 Å². The minimum atomic E-state index is -1.03. The maximum Gasteiger partial charge on any atom is 0.317 e. The topological polar surface area (TPSA) is 43.4 Å². The molecule has 0 aromatic heterocycles. The van der Waals surface area contributed by atoms with Crippen molar-refractivity contribution in [2.24, 2.45) is 5.92 Å². The van der Waals surface area contributed by atoms with Crippen molar-refractivity contribution in [3.63, 3.8) is 0 Å². The van der Waals surface area contributed by atoms with Gasteiger partial charge < -0.3 is 4.74 Å². The second kappa shape index (κ2) is 7.60. The van der Waals surface area contributed by atoms with Crippen LogP contribution in [-0.4, -0.2) is 18.4 Å². The Balaban J connectivity index is 2.04. The number of allylic oxidation sites excluding steroid dienone is 2. The van der Waals surface area contributed by atoms with Gasteiger partial charge in [0.1, 0.15) is 17.6 Å². The second-order valence-corrected chi connectivity index (χ2v) is 6.18. The lowest BCUT2D eigenvalue weighted by Crippen LogP contribution is -2.34. The quantitative estimate of drug-likeness (QED) is 0.606. The zero-order valence-electron chi connectivity index (χ0n) is 14.2. The number of carbonyl (C=O) groups excluding carboxylic acids is 2. The highest BCUT2D eigenvalue weighted by Gasteiger charge is 2.39. The largest absolute Gasteiger partial charge is 0.465 e. The molecule has 26 heavy (non-hydrogen) atoms. The van der Waals surface area contributed by atoms with Gasteiger partial charge in [-0.3, -0.25) is 9.59 Å². The summed E-state index contributed by atoms with van der Waals surface area (Å²) in [7, 11) is 0. The molecular formula is C21H18F2O3. The van der Waals surface area contributed by atoms with Crippen molar-refractivity contribution in [1.29, 1.82) is 0 Å². The van der Waals surface area contributed by atoms with E-state index in [1.54, 1.807) is 25.1 Å². The molecule has 2 aromatic rings. The van der Waals surface area contributed by atoms with Crippen LogP contribution in [0.2, 0.25) is 0 Å². The SMILES string of the molecule is CCOC(=O)[C@@H]1C(=O)C=C(c2cccc(F)c2)C[C@@H]1c1cccc(F)c1. The first-order chi connectivity index (χ1) is 12.5. The summed E-state index contributed by atoms with van der Waals surface area (Å²) in [5.41, 5.74) is 1.73. The summed E-state index contributed by atoms with van der Waals surface area (Å²) in [6.45, 7) is 1.81. The molecule has 0 saturated carbocycles. The number of esters is 1. The highest BCUT2D eigenvalue weighted by atomic mass is 19.1. The van der Waals surface area contributed by atoms with Crippen LogP contribution in [-0.2, 0) is 14.3 Å². The van der Waals surface area contributed by atoms with Crippen LogP contribution in [0.3, 0.4) is 0 Å². The van der Waals surface area contributed by atoms with Gasteiger partial charge in [0.2, 0.25) is 0 Å². The van der Waals surface area contributed by atoms with Crippen LogP contribution in [0.15, 0.2) is 54.6 Å². The third-order valence-electron chi connectivity index (χ3n) is 4.48. The van der Waals surface area contributed by atoms with Crippen molar-refractivity contribution in [1.82, 2.24) is 0 Å². The van der Waals surface area contributed by atoms with Crippen molar-refractivity contribution >= 4 is 17.3 Å². The van der Waals surface area contributed by atoms with E-state index in [4.69, 9.17) is 4.74 Å². The summed E-state index contributed by atoms with van der Waals surface area (Å²) < 4.78 is 32.3. The Labute approximate surface area is 150 Å². The fourth-order valence-electron chi connectivity index (χ4n) is 3.32. The smallest absolute Gasteiger partial charge is 0.317 e. The van der Waals surface area contributed by atoms with E-state index in [9.17, 15) is 18.4 Å². The summed E-state index contributed by atoms with van der Waals surface area (Å²) in [4.78, 5) is 25.0. The Morgan fingerprint density at radius 1 is 1.12 bits per heavy atom. The first-order valence-electron chi connectivity index (χ1n) is 8.42. The molecule has 0 unspecified atom stereocenters. The molecule has 2 aromatic carbocycles. The van der Waals surface area contributed by atoms with Crippen LogP contribution in [0.4, 0.5) is 8.78 Å². The molecule has 1 aliphatic rings. The van der Waals surface area contributed by atoms with Crippen LogP contribution in [0.5, 0.6) is 0 Å². The normalized spacial score (nSPS) is 19.8. The minimum Gasteiger partial charge on any atom is -0.465 e. The van der Waals surface area contributed by atoms with E-state index in [1.165, 1.54) is 36.4 Å². The molecule has 0 aliphatic heterocycles. The maximum atomic E-state index is 13.7. The van der Waals surface area contributed by atoms with E-state index in [0.717, 1.165) is 0 Å². The minimum absolute atomic E-state index is 0.152. The number of hydrogen-bond donors (Lipinski definition) is 0. The molecule has 0 N–H and O–H groups in total. The highest BCUT2D eigenvalue weighted by molar-refractivity contribution is 6.10. The average Bonchev–Trinajstić information content (AvgIpc) is 2.61. The van der Waals surface area contributed by atoms with Gasteiger partial charge >= 0.3 is 5.97 Å². The van der Waals surface area contributed by atoms with Gasteiger partial charge in [-0.15, -0.1) is 0 Å². The van der Waals surface area contributed by atoms with Gasteiger partial charge in [-0.2, -0.15) is 0 Å². The number of carbonyl (C=O) groups is 2. The van der Waals surface area contributed by atoms with E-state index in [1.807, 2.05) is 0 Å². The average molecular weight is 356 g/mol. The van der Waals surface area contributed by atoms with Crippen molar-refractivity contribution in [2.45, 2.75) is 19.3 Å². The van der Waals surface area contributed by atoms with Gasteiger partial charge in [-0.05, 0) is 60.4 Å². The summed E-state index contributed by atoms with van der Waals surface area (Å²) in [5.74, 6) is -3.50. The Bertz CT molecular complexity index is 873. The molecule has 3 nitrogen and oxygen atoms in total. The number of benzene rings is 2. The van der Waals surface area contributed by atoms with E-state index in [-0.39, 0.29) is 6.61 Å². The molecule has 0 heterocycles. The van der Waals surface area contributed by atoms with Gasteiger partial charge in [-0.1, -0.05) is 24.3 Å². The van der Waals surface area contributed by atoms with Crippen LogP contribution in [0.1, 0.15) is 30.4 Å². The van der Waals surface area contributed by atoms with Crippen LogP contribution in [0.25, 0.3) is 5.57 Å². The molecule has 2 atom stereocenters. The van der Waals surface area contributed by atoms with E-state index in [2.05, 4.69) is 0 Å². The second-order valence-electron chi connectivity index (χ2n) is 6.18. The Hall–Kier alpha value is -2.82. The molecule has 0 amide bonds. The van der Waals surface area contributed by atoms with Gasteiger partial charge in [0, 0.05) is 5.92 Å². The first-order valence-corrected chi connectivity index (χ1v) is 8.42. The van der Waals surface area contributed by atoms with Gasteiger partial charge in [-0.25, -0.2) is 8.78 Å². The van der Waals surface area contributed by atoms with Crippen LogP contribution < -0.4 is 0 Å². The number of halogens is 2. The van der Waals surface area contributed by atoms with Crippen LogP contribution in [0, 0.1) is 17.6 Å². The molecule has 0 saturated heterocycles. The third-order valence-corrected chi connectivity index (χ3v) is 4.48. The lowest BCUT2D eigenvalue weighted by Gasteiger charge is -2.29. The standard InChI is InChI=1S/C21H18F2O3/c1-2-26-21(25)20-18(14-6-4-8-17(23)10-14)11-15(12-19(20)24)13-5-3-7-16(22)9-13/h3-10,12,18,20H,2,11H2,1H3/t18-,20+/m1/s1. The molecule has 0 radical (unpaired) electrons. The van der Waals surface area contributed by atoms with Crippen molar-refractivity contribution in [3.8, 4) is 0 Å². The van der Waals surface area contributed by atoms with Gasteiger partial charge in [0.05, 0.1) is 6.61 Å². The number of ketones is 1. The first kappa shape index (κ1) is 18.0. The summed E-state index contributed by atoms with van der Waals surface area (Å²) in [6, 6.07) is 11.8. The molecule has 1 aliphatic carbocycles. The predicted octanol–water partition coefficient (Wildman–Crippen LogP) is 4.28. The fraction of sp³-hybridized carbons (Fsp3) is 0.238. The molecule has 3 rings (SSSR count). The summed E-state index contributed by atoms with van der Waals surface area (Å²) >= 11 is 0. The maximum absolute atomic E-state index is 13.7. The summed E-state index contributed by atoms with van der Waals surface area (Å²) in [5, 5.41) is 0. The van der Waals surface area contributed by atoms with Crippen molar-refractivity contribution < 1.29 is 23.1 Å². The zero-order chi connectivity index (χ0) is 18.7.